The minimum atomic E-state index is -0.0510. The summed E-state index contributed by atoms with van der Waals surface area (Å²) in [6.45, 7) is 14.6. The molecule has 0 amide bonds. The van der Waals surface area contributed by atoms with Crippen molar-refractivity contribution in [3.8, 4) is 0 Å². The Bertz CT molecular complexity index is 350. The summed E-state index contributed by atoms with van der Waals surface area (Å²) in [6.07, 6.45) is 6.60. The second kappa shape index (κ2) is 7.92. The molecule has 2 saturated heterocycles. The maximum atomic E-state index is 13.0. The molecule has 0 unspecified atom stereocenters. The molecule has 2 rings (SSSR count). The Morgan fingerprint density at radius 3 is 2.09 bits per heavy atom. The average Bonchev–Trinajstić information content (AvgIpc) is 2.97. The van der Waals surface area contributed by atoms with Gasteiger partial charge in [-0.05, 0) is 78.0 Å². The summed E-state index contributed by atoms with van der Waals surface area (Å²) < 4.78 is 0. The van der Waals surface area contributed by atoms with Gasteiger partial charge in [0.2, 0.25) is 0 Å². The third-order valence-corrected chi connectivity index (χ3v) is 5.75. The van der Waals surface area contributed by atoms with E-state index in [1.165, 1.54) is 25.9 Å². The first-order valence-corrected chi connectivity index (χ1v) is 9.43. The van der Waals surface area contributed by atoms with E-state index >= 15 is 0 Å². The van der Waals surface area contributed by atoms with E-state index in [9.17, 15) is 4.79 Å². The van der Waals surface area contributed by atoms with Crippen LogP contribution in [-0.4, -0.2) is 54.3 Å². The van der Waals surface area contributed by atoms with Gasteiger partial charge in [0.1, 0.15) is 5.78 Å². The van der Waals surface area contributed by atoms with Crippen LogP contribution in [0.2, 0.25) is 0 Å². The first-order chi connectivity index (χ1) is 10.4. The molecule has 0 atom stereocenters. The minimum absolute atomic E-state index is 0.0510. The van der Waals surface area contributed by atoms with Crippen molar-refractivity contribution >= 4 is 5.78 Å². The lowest BCUT2D eigenvalue weighted by atomic mass is 9.72. The highest BCUT2D eigenvalue weighted by atomic mass is 16.1. The molecule has 0 aromatic carbocycles. The summed E-state index contributed by atoms with van der Waals surface area (Å²) in [5.41, 5.74) is -0.0510. The standard InChI is InChI=1S/C19H36N2O/c1-16(2)7-8-18(22)19(15-20-11-5-6-12-20)9-13-21(14-10-19)17(3)4/h16-17H,5-15H2,1-4H3. The van der Waals surface area contributed by atoms with Crippen LogP contribution in [0.4, 0.5) is 0 Å². The fourth-order valence-electron chi connectivity index (χ4n) is 4.05. The number of hydrogen-bond donors (Lipinski definition) is 0. The molecule has 0 N–H and O–H groups in total. The van der Waals surface area contributed by atoms with Crippen molar-refractivity contribution in [1.82, 2.24) is 9.80 Å². The van der Waals surface area contributed by atoms with Crippen LogP contribution in [0.3, 0.4) is 0 Å². The number of ketones is 1. The zero-order valence-electron chi connectivity index (χ0n) is 15.2. The Hall–Kier alpha value is -0.410. The maximum Gasteiger partial charge on any atom is 0.140 e. The van der Waals surface area contributed by atoms with Gasteiger partial charge >= 0.3 is 0 Å². The first-order valence-electron chi connectivity index (χ1n) is 9.43. The van der Waals surface area contributed by atoms with Gasteiger partial charge in [-0.1, -0.05) is 13.8 Å². The maximum absolute atomic E-state index is 13.0. The predicted molar refractivity (Wildman–Crippen MR) is 93.1 cm³/mol. The summed E-state index contributed by atoms with van der Waals surface area (Å²) in [7, 11) is 0. The zero-order chi connectivity index (χ0) is 16.2. The Morgan fingerprint density at radius 2 is 1.59 bits per heavy atom. The SMILES string of the molecule is CC(C)CCC(=O)C1(CN2CCCC2)CCN(C(C)C)CC1. The molecule has 2 aliphatic rings. The lowest BCUT2D eigenvalue weighted by Crippen LogP contribution is -2.51. The minimum Gasteiger partial charge on any atom is -0.302 e. The number of carbonyl (C=O) groups excluding carboxylic acids is 1. The van der Waals surface area contributed by atoms with Gasteiger partial charge in [0, 0.05) is 24.4 Å². The molecule has 0 aromatic rings. The molecule has 2 aliphatic heterocycles. The topological polar surface area (TPSA) is 23.6 Å². The number of rotatable bonds is 7. The molecule has 0 aromatic heterocycles. The zero-order valence-corrected chi connectivity index (χ0v) is 15.2. The summed E-state index contributed by atoms with van der Waals surface area (Å²) in [4.78, 5) is 18.1. The van der Waals surface area contributed by atoms with Gasteiger partial charge in [-0.3, -0.25) is 4.79 Å². The van der Waals surface area contributed by atoms with E-state index in [1.54, 1.807) is 0 Å². The smallest absolute Gasteiger partial charge is 0.140 e. The number of Topliss-reactive ketones (excluding diaryl/α,β-unsaturated/α-hetero) is 1. The fourth-order valence-corrected chi connectivity index (χ4v) is 4.05. The van der Waals surface area contributed by atoms with Crippen LogP contribution >= 0.6 is 0 Å². The van der Waals surface area contributed by atoms with Crippen LogP contribution < -0.4 is 0 Å². The third-order valence-electron chi connectivity index (χ3n) is 5.75. The predicted octanol–water partition coefficient (Wildman–Crippen LogP) is 3.58. The van der Waals surface area contributed by atoms with E-state index < -0.39 is 0 Å². The van der Waals surface area contributed by atoms with Crippen molar-refractivity contribution in [3.05, 3.63) is 0 Å². The van der Waals surface area contributed by atoms with Crippen molar-refractivity contribution < 1.29 is 4.79 Å². The lowest BCUT2D eigenvalue weighted by Gasteiger charge is -2.44. The number of carbonyl (C=O) groups is 1. The summed E-state index contributed by atoms with van der Waals surface area (Å²) >= 11 is 0. The molecule has 0 spiro atoms. The van der Waals surface area contributed by atoms with Crippen LogP contribution in [0.1, 0.15) is 66.2 Å². The van der Waals surface area contributed by atoms with Crippen molar-refractivity contribution in [2.75, 3.05) is 32.7 Å². The van der Waals surface area contributed by atoms with Gasteiger partial charge in [0.15, 0.2) is 0 Å². The molecular formula is C19H36N2O. The Kier molecular flexibility index (Phi) is 6.46. The lowest BCUT2D eigenvalue weighted by molar-refractivity contribution is -0.133. The molecule has 0 aliphatic carbocycles. The fraction of sp³-hybridized carbons (Fsp3) is 0.947. The van der Waals surface area contributed by atoms with Crippen molar-refractivity contribution in [1.29, 1.82) is 0 Å². The van der Waals surface area contributed by atoms with Crippen molar-refractivity contribution in [3.63, 3.8) is 0 Å². The molecule has 0 bridgehead atoms. The molecule has 128 valence electrons. The highest BCUT2D eigenvalue weighted by molar-refractivity contribution is 5.85. The van der Waals surface area contributed by atoms with E-state index in [0.717, 1.165) is 45.3 Å². The van der Waals surface area contributed by atoms with Crippen molar-refractivity contribution in [2.24, 2.45) is 11.3 Å². The van der Waals surface area contributed by atoms with Crippen LogP contribution in [0, 0.1) is 11.3 Å². The Labute approximate surface area is 137 Å². The molecule has 2 heterocycles. The monoisotopic (exact) mass is 308 g/mol. The quantitative estimate of drug-likeness (QED) is 0.718. The summed E-state index contributed by atoms with van der Waals surface area (Å²) in [5.74, 6) is 1.18. The van der Waals surface area contributed by atoms with Gasteiger partial charge in [0.05, 0.1) is 0 Å². The van der Waals surface area contributed by atoms with E-state index in [1.807, 2.05) is 0 Å². The third kappa shape index (κ3) is 4.55. The molecule has 2 fully saturated rings. The number of hydrogen-bond acceptors (Lipinski definition) is 3. The van der Waals surface area contributed by atoms with Crippen molar-refractivity contribution in [2.45, 2.75) is 72.3 Å². The molecule has 0 saturated carbocycles. The van der Waals surface area contributed by atoms with Crippen LogP contribution in [0.25, 0.3) is 0 Å². The first kappa shape index (κ1) is 17.9. The van der Waals surface area contributed by atoms with Crippen LogP contribution in [-0.2, 0) is 4.79 Å². The second-order valence-corrected chi connectivity index (χ2v) is 8.25. The number of piperidine rings is 1. The Morgan fingerprint density at radius 1 is 1.00 bits per heavy atom. The second-order valence-electron chi connectivity index (χ2n) is 8.25. The van der Waals surface area contributed by atoms with E-state index in [-0.39, 0.29) is 5.41 Å². The Balaban J connectivity index is 2.02. The van der Waals surface area contributed by atoms with Gasteiger partial charge < -0.3 is 9.80 Å². The highest BCUT2D eigenvalue weighted by Crippen LogP contribution is 2.36. The normalized spacial score (nSPS) is 23.5. The van der Waals surface area contributed by atoms with Crippen LogP contribution in [0.5, 0.6) is 0 Å². The number of nitrogens with zero attached hydrogens (tertiary/aromatic N) is 2. The molecule has 3 heteroatoms. The van der Waals surface area contributed by atoms with Gasteiger partial charge in [0.25, 0.3) is 0 Å². The average molecular weight is 309 g/mol. The molecule has 0 radical (unpaired) electrons. The van der Waals surface area contributed by atoms with E-state index in [0.29, 0.717) is 17.7 Å². The molecule has 22 heavy (non-hydrogen) atoms. The summed E-state index contributed by atoms with van der Waals surface area (Å²) in [6, 6.07) is 0.607. The molecule has 3 nitrogen and oxygen atoms in total. The van der Waals surface area contributed by atoms with Crippen LogP contribution in [0.15, 0.2) is 0 Å². The highest BCUT2D eigenvalue weighted by Gasteiger charge is 2.42. The van der Waals surface area contributed by atoms with E-state index in [4.69, 9.17) is 0 Å². The van der Waals surface area contributed by atoms with Gasteiger partial charge in [-0.15, -0.1) is 0 Å². The van der Waals surface area contributed by atoms with Gasteiger partial charge in [-0.2, -0.15) is 0 Å². The van der Waals surface area contributed by atoms with E-state index in [2.05, 4.69) is 37.5 Å². The largest absolute Gasteiger partial charge is 0.302 e. The van der Waals surface area contributed by atoms with Gasteiger partial charge in [-0.25, -0.2) is 0 Å². The molecular weight excluding hydrogens is 272 g/mol. The number of likely N-dealkylation sites (tertiary alicyclic amines) is 2. The summed E-state index contributed by atoms with van der Waals surface area (Å²) in [5, 5.41) is 0.